The average molecular weight is 282 g/mol. The number of imide groups is 1. The molecule has 1 aromatic rings. The van der Waals surface area contributed by atoms with Gasteiger partial charge in [0.25, 0.3) is 0 Å². The molecule has 0 aliphatic carbocycles. The standard InChI is InChI=1S/C12H14N2O4S/c1-14-11(15)8-7-10(12(14)16)13-19(17,18)9-5-3-2-4-6-9/h2-6,10,13H,7-8H2,1H3. The largest absolute Gasteiger partial charge is 0.284 e. The molecule has 1 unspecified atom stereocenters. The summed E-state index contributed by atoms with van der Waals surface area (Å²) in [6.45, 7) is 0. The van der Waals surface area contributed by atoms with Crippen LogP contribution in [0.15, 0.2) is 35.2 Å². The lowest BCUT2D eigenvalue weighted by Gasteiger charge is -2.27. The number of amides is 2. The monoisotopic (exact) mass is 282 g/mol. The van der Waals surface area contributed by atoms with Crippen molar-refractivity contribution >= 4 is 21.8 Å². The highest BCUT2D eigenvalue weighted by Crippen LogP contribution is 2.15. The van der Waals surface area contributed by atoms with E-state index in [1.54, 1.807) is 18.2 Å². The van der Waals surface area contributed by atoms with Gasteiger partial charge in [-0.3, -0.25) is 14.5 Å². The second-order valence-electron chi connectivity index (χ2n) is 4.32. The third-order valence-corrected chi connectivity index (χ3v) is 4.49. The first-order valence-electron chi connectivity index (χ1n) is 5.79. The van der Waals surface area contributed by atoms with E-state index in [2.05, 4.69) is 4.72 Å². The van der Waals surface area contributed by atoms with Gasteiger partial charge in [-0.1, -0.05) is 18.2 Å². The van der Waals surface area contributed by atoms with Crippen LogP contribution in [0, 0.1) is 0 Å². The Labute approximate surface area is 111 Å². The molecule has 102 valence electrons. The zero-order valence-corrected chi connectivity index (χ0v) is 11.2. The van der Waals surface area contributed by atoms with Gasteiger partial charge < -0.3 is 0 Å². The van der Waals surface area contributed by atoms with E-state index in [0.717, 1.165) is 4.90 Å². The Morgan fingerprint density at radius 2 is 1.84 bits per heavy atom. The molecule has 6 nitrogen and oxygen atoms in total. The molecule has 1 heterocycles. The molecule has 1 fully saturated rings. The molecule has 1 atom stereocenters. The minimum absolute atomic E-state index is 0.0994. The highest BCUT2D eigenvalue weighted by Gasteiger charge is 2.34. The third kappa shape index (κ3) is 2.82. The van der Waals surface area contributed by atoms with Gasteiger partial charge in [-0.15, -0.1) is 0 Å². The number of hydrogen-bond donors (Lipinski definition) is 1. The second kappa shape index (κ2) is 5.10. The van der Waals surface area contributed by atoms with E-state index in [1.807, 2.05) is 0 Å². The fourth-order valence-corrected chi connectivity index (χ4v) is 3.12. The number of nitrogens with zero attached hydrogens (tertiary/aromatic N) is 1. The summed E-state index contributed by atoms with van der Waals surface area (Å²) in [5.41, 5.74) is 0. The van der Waals surface area contributed by atoms with Gasteiger partial charge in [0.2, 0.25) is 21.8 Å². The topological polar surface area (TPSA) is 83.6 Å². The molecule has 0 radical (unpaired) electrons. The maximum Gasteiger partial charge on any atom is 0.247 e. The van der Waals surface area contributed by atoms with Crippen molar-refractivity contribution in [2.24, 2.45) is 0 Å². The highest BCUT2D eigenvalue weighted by molar-refractivity contribution is 7.89. The number of likely N-dealkylation sites (N-methyl/N-ethyl adjacent to an activating group) is 1. The van der Waals surface area contributed by atoms with Crippen LogP contribution in [0.3, 0.4) is 0 Å². The Hall–Kier alpha value is -1.73. The molecule has 7 heteroatoms. The Balaban J connectivity index is 2.18. The number of benzene rings is 1. The number of hydrogen-bond acceptors (Lipinski definition) is 4. The predicted octanol–water partition coefficient (Wildman–Crippen LogP) is 0.112. The summed E-state index contributed by atoms with van der Waals surface area (Å²) in [5.74, 6) is -0.809. The van der Waals surface area contributed by atoms with E-state index in [9.17, 15) is 18.0 Å². The Morgan fingerprint density at radius 3 is 2.47 bits per heavy atom. The van der Waals surface area contributed by atoms with Crippen LogP contribution in [0.4, 0.5) is 0 Å². The summed E-state index contributed by atoms with van der Waals surface area (Å²) in [7, 11) is -2.39. The van der Waals surface area contributed by atoms with E-state index >= 15 is 0 Å². The molecule has 0 bridgehead atoms. The lowest BCUT2D eigenvalue weighted by atomic mass is 10.1. The SMILES string of the molecule is CN1C(=O)CCC(NS(=O)(=O)c2ccccc2)C1=O. The molecule has 1 saturated heterocycles. The predicted molar refractivity (Wildman–Crippen MR) is 67.6 cm³/mol. The van der Waals surface area contributed by atoms with Crippen molar-refractivity contribution in [1.29, 1.82) is 0 Å². The Morgan fingerprint density at radius 1 is 1.21 bits per heavy atom. The Kier molecular flexibility index (Phi) is 3.68. The summed E-state index contributed by atoms with van der Waals surface area (Å²) < 4.78 is 26.5. The number of sulfonamides is 1. The summed E-state index contributed by atoms with van der Waals surface area (Å²) in [6, 6.07) is 6.93. The molecule has 2 rings (SSSR count). The van der Waals surface area contributed by atoms with E-state index < -0.39 is 22.0 Å². The fraction of sp³-hybridized carbons (Fsp3) is 0.333. The second-order valence-corrected chi connectivity index (χ2v) is 6.03. The van der Waals surface area contributed by atoms with Gasteiger partial charge in [-0.05, 0) is 18.6 Å². The number of nitrogens with one attached hydrogen (secondary N) is 1. The number of rotatable bonds is 3. The van der Waals surface area contributed by atoms with Gasteiger partial charge in [0, 0.05) is 13.5 Å². The molecule has 0 aromatic heterocycles. The molecular weight excluding hydrogens is 268 g/mol. The molecular formula is C12H14N2O4S. The van der Waals surface area contributed by atoms with Crippen molar-refractivity contribution in [3.63, 3.8) is 0 Å². The van der Waals surface area contributed by atoms with Crippen LogP contribution in [0.2, 0.25) is 0 Å². The lowest BCUT2D eigenvalue weighted by molar-refractivity contribution is -0.147. The van der Waals surface area contributed by atoms with Gasteiger partial charge in [-0.2, -0.15) is 4.72 Å². The van der Waals surface area contributed by atoms with E-state index in [-0.39, 0.29) is 23.6 Å². The molecule has 1 aliphatic heterocycles. The maximum absolute atomic E-state index is 12.1. The van der Waals surface area contributed by atoms with Gasteiger partial charge >= 0.3 is 0 Å². The average Bonchev–Trinajstić information content (AvgIpc) is 2.40. The molecule has 2 amide bonds. The fourth-order valence-electron chi connectivity index (χ4n) is 1.88. The molecule has 1 aliphatic rings. The third-order valence-electron chi connectivity index (χ3n) is 3.00. The first kappa shape index (κ1) is 13.7. The summed E-state index contributed by atoms with van der Waals surface area (Å²) in [5, 5.41) is 0. The van der Waals surface area contributed by atoms with Crippen molar-refractivity contribution < 1.29 is 18.0 Å². The molecule has 1 aromatic carbocycles. The summed E-state index contributed by atoms with van der Waals surface area (Å²) >= 11 is 0. The van der Waals surface area contributed by atoms with Gasteiger partial charge in [-0.25, -0.2) is 8.42 Å². The Bertz CT molecular complexity index is 597. The molecule has 19 heavy (non-hydrogen) atoms. The van der Waals surface area contributed by atoms with Crippen molar-refractivity contribution in [2.45, 2.75) is 23.8 Å². The first-order valence-corrected chi connectivity index (χ1v) is 7.28. The molecule has 0 spiro atoms. The van der Waals surface area contributed by atoms with E-state index in [4.69, 9.17) is 0 Å². The van der Waals surface area contributed by atoms with Crippen molar-refractivity contribution in [2.75, 3.05) is 7.05 Å². The van der Waals surface area contributed by atoms with Gasteiger partial charge in [0.1, 0.15) is 6.04 Å². The quantitative estimate of drug-likeness (QED) is 0.798. The van der Waals surface area contributed by atoms with Crippen molar-refractivity contribution in [3.05, 3.63) is 30.3 Å². The van der Waals surface area contributed by atoms with Crippen LogP contribution in [0.25, 0.3) is 0 Å². The van der Waals surface area contributed by atoms with Crippen LogP contribution >= 0.6 is 0 Å². The zero-order valence-electron chi connectivity index (χ0n) is 10.4. The number of piperidine rings is 1. The normalized spacial score (nSPS) is 20.7. The lowest BCUT2D eigenvalue weighted by Crippen LogP contribution is -2.52. The smallest absolute Gasteiger partial charge is 0.247 e. The summed E-state index contributed by atoms with van der Waals surface area (Å²) in [6.07, 6.45) is 0.346. The van der Waals surface area contributed by atoms with Crippen LogP contribution < -0.4 is 4.72 Å². The number of carbonyl (C=O) groups excluding carboxylic acids is 2. The van der Waals surface area contributed by atoms with Crippen LogP contribution in [-0.2, 0) is 19.6 Å². The highest BCUT2D eigenvalue weighted by atomic mass is 32.2. The first-order chi connectivity index (χ1) is 8.92. The van der Waals surface area contributed by atoms with Gasteiger partial charge in [0.05, 0.1) is 4.90 Å². The summed E-state index contributed by atoms with van der Waals surface area (Å²) in [4.78, 5) is 24.2. The van der Waals surface area contributed by atoms with E-state index in [1.165, 1.54) is 19.2 Å². The van der Waals surface area contributed by atoms with Crippen LogP contribution in [0.5, 0.6) is 0 Å². The minimum Gasteiger partial charge on any atom is -0.284 e. The zero-order chi connectivity index (χ0) is 14.0. The number of carbonyl (C=O) groups is 2. The maximum atomic E-state index is 12.1. The van der Waals surface area contributed by atoms with E-state index in [0.29, 0.717) is 0 Å². The van der Waals surface area contributed by atoms with Crippen LogP contribution in [0.1, 0.15) is 12.8 Å². The number of likely N-dealkylation sites (tertiary alicyclic amines) is 1. The van der Waals surface area contributed by atoms with Gasteiger partial charge in [0.15, 0.2) is 0 Å². The minimum atomic E-state index is -3.74. The molecule has 0 saturated carbocycles. The van der Waals surface area contributed by atoms with Crippen molar-refractivity contribution in [1.82, 2.24) is 9.62 Å². The molecule has 1 N–H and O–H groups in total. The van der Waals surface area contributed by atoms with Crippen molar-refractivity contribution in [3.8, 4) is 0 Å². The van der Waals surface area contributed by atoms with Crippen LogP contribution in [-0.4, -0.2) is 38.2 Å².